The van der Waals surface area contributed by atoms with Gasteiger partial charge >= 0.3 is 11.9 Å². The maximum atomic E-state index is 11.6. The van der Waals surface area contributed by atoms with Gasteiger partial charge in [0.25, 0.3) is 5.91 Å². The van der Waals surface area contributed by atoms with Gasteiger partial charge in [-0.15, -0.1) is 0 Å². The molecule has 0 fully saturated rings. The van der Waals surface area contributed by atoms with E-state index in [0.717, 1.165) is 0 Å². The van der Waals surface area contributed by atoms with Crippen LogP contribution in [-0.4, -0.2) is 38.0 Å². The molecule has 0 spiro atoms. The van der Waals surface area contributed by atoms with E-state index in [4.69, 9.17) is 10.2 Å². The Balaban J connectivity index is 0.000000284. The average molecular weight is 317 g/mol. The molecular formula is C15H15N3O5. The maximum absolute atomic E-state index is 11.6. The maximum Gasteiger partial charge on any atom is 0.303 e. The molecule has 1 amide bonds. The van der Waals surface area contributed by atoms with Crippen molar-refractivity contribution in [3.63, 3.8) is 0 Å². The predicted molar refractivity (Wildman–Crippen MR) is 80.9 cm³/mol. The molecule has 0 bridgehead atoms. The summed E-state index contributed by atoms with van der Waals surface area (Å²) in [5.41, 5.74) is 0.517. The Morgan fingerprint density at radius 1 is 0.957 bits per heavy atom. The summed E-state index contributed by atoms with van der Waals surface area (Å²) in [6.45, 7) is 0. The molecule has 23 heavy (non-hydrogen) atoms. The topological polar surface area (TPSA) is 129 Å². The SMILES string of the molecule is O=C(Nc1ccccn1)c1cccnc1.O=C(O)CCC(=O)O. The molecule has 0 unspecified atom stereocenters. The number of nitrogens with one attached hydrogen (secondary N) is 1. The van der Waals surface area contributed by atoms with Gasteiger partial charge in [0.15, 0.2) is 0 Å². The number of amides is 1. The highest BCUT2D eigenvalue weighted by molar-refractivity contribution is 6.03. The molecule has 120 valence electrons. The summed E-state index contributed by atoms with van der Waals surface area (Å²) in [5, 5.41) is 18.5. The van der Waals surface area contributed by atoms with E-state index in [1.807, 2.05) is 6.07 Å². The smallest absolute Gasteiger partial charge is 0.303 e. The van der Waals surface area contributed by atoms with E-state index in [9.17, 15) is 14.4 Å². The Hall–Kier alpha value is -3.29. The number of hydrogen-bond donors (Lipinski definition) is 3. The minimum atomic E-state index is -1.08. The van der Waals surface area contributed by atoms with E-state index in [0.29, 0.717) is 11.4 Å². The number of nitrogens with zero attached hydrogens (tertiary/aromatic N) is 2. The highest BCUT2D eigenvalue weighted by Crippen LogP contribution is 2.03. The van der Waals surface area contributed by atoms with E-state index >= 15 is 0 Å². The van der Waals surface area contributed by atoms with E-state index in [1.165, 1.54) is 6.20 Å². The third kappa shape index (κ3) is 7.90. The number of carboxylic acids is 2. The quantitative estimate of drug-likeness (QED) is 0.764. The van der Waals surface area contributed by atoms with Crippen molar-refractivity contribution in [3.05, 3.63) is 54.5 Å². The van der Waals surface area contributed by atoms with Crippen LogP contribution >= 0.6 is 0 Å². The number of carbonyl (C=O) groups is 3. The molecule has 8 heteroatoms. The van der Waals surface area contributed by atoms with Crippen molar-refractivity contribution in [3.8, 4) is 0 Å². The van der Waals surface area contributed by atoms with Gasteiger partial charge in [0.05, 0.1) is 18.4 Å². The zero-order chi connectivity index (χ0) is 17.1. The largest absolute Gasteiger partial charge is 0.481 e. The minimum Gasteiger partial charge on any atom is -0.481 e. The van der Waals surface area contributed by atoms with Crippen LogP contribution in [-0.2, 0) is 9.59 Å². The number of aliphatic carboxylic acids is 2. The number of rotatable bonds is 5. The molecule has 3 N–H and O–H groups in total. The van der Waals surface area contributed by atoms with Crippen LogP contribution in [0.4, 0.5) is 5.82 Å². The van der Waals surface area contributed by atoms with Crippen molar-refractivity contribution in [2.24, 2.45) is 0 Å². The van der Waals surface area contributed by atoms with Crippen LogP contribution < -0.4 is 5.32 Å². The first-order valence-electron chi connectivity index (χ1n) is 6.55. The number of hydrogen-bond acceptors (Lipinski definition) is 5. The molecule has 0 aromatic carbocycles. The van der Waals surface area contributed by atoms with Crippen LogP contribution in [0.3, 0.4) is 0 Å². The summed E-state index contributed by atoms with van der Waals surface area (Å²) in [6.07, 6.45) is 4.17. The van der Waals surface area contributed by atoms with Gasteiger partial charge in [-0.25, -0.2) is 4.98 Å². The fourth-order valence-corrected chi connectivity index (χ4v) is 1.34. The van der Waals surface area contributed by atoms with Crippen molar-refractivity contribution in [1.29, 1.82) is 0 Å². The lowest BCUT2D eigenvalue weighted by atomic mass is 10.3. The lowest BCUT2D eigenvalue weighted by Crippen LogP contribution is -2.12. The fraction of sp³-hybridized carbons (Fsp3) is 0.133. The summed E-state index contributed by atoms with van der Waals surface area (Å²) in [7, 11) is 0. The Bertz CT molecular complexity index is 633. The summed E-state index contributed by atoms with van der Waals surface area (Å²) < 4.78 is 0. The average Bonchev–Trinajstić information content (AvgIpc) is 2.55. The van der Waals surface area contributed by atoms with Crippen LogP contribution in [0.15, 0.2) is 48.9 Å². The minimum absolute atomic E-state index is 0.207. The molecule has 0 aliphatic carbocycles. The van der Waals surface area contributed by atoms with Gasteiger partial charge in [0.1, 0.15) is 5.82 Å². The zero-order valence-electron chi connectivity index (χ0n) is 12.0. The van der Waals surface area contributed by atoms with Crippen molar-refractivity contribution in [1.82, 2.24) is 9.97 Å². The number of carboxylic acid groups (broad SMARTS) is 2. The van der Waals surface area contributed by atoms with Gasteiger partial charge in [-0.1, -0.05) is 6.07 Å². The number of pyridine rings is 2. The van der Waals surface area contributed by atoms with Crippen molar-refractivity contribution in [2.75, 3.05) is 5.32 Å². The van der Waals surface area contributed by atoms with Crippen LogP contribution in [0, 0.1) is 0 Å². The Labute approximate surface area is 131 Å². The highest BCUT2D eigenvalue weighted by Gasteiger charge is 2.05. The van der Waals surface area contributed by atoms with Crippen LogP contribution in [0.5, 0.6) is 0 Å². The normalized spacial score (nSPS) is 9.22. The predicted octanol–water partition coefficient (Wildman–Crippen LogP) is 1.66. The van der Waals surface area contributed by atoms with Gasteiger partial charge in [0, 0.05) is 18.6 Å². The second-order valence-electron chi connectivity index (χ2n) is 4.20. The van der Waals surface area contributed by atoms with E-state index in [1.54, 1.807) is 36.7 Å². The fourth-order valence-electron chi connectivity index (χ4n) is 1.34. The van der Waals surface area contributed by atoms with Gasteiger partial charge in [-0.05, 0) is 24.3 Å². The van der Waals surface area contributed by atoms with Gasteiger partial charge in [-0.2, -0.15) is 0 Å². The number of aromatic nitrogens is 2. The first-order chi connectivity index (χ1) is 11.0. The monoisotopic (exact) mass is 317 g/mol. The molecule has 0 saturated heterocycles. The molecule has 0 aliphatic rings. The third-order valence-corrected chi connectivity index (χ3v) is 2.38. The summed E-state index contributed by atoms with van der Waals surface area (Å²) in [5.74, 6) is -1.83. The Kier molecular flexibility index (Phi) is 7.42. The molecule has 2 rings (SSSR count). The summed E-state index contributed by atoms with van der Waals surface area (Å²) in [6, 6.07) is 8.75. The molecule has 2 heterocycles. The molecule has 0 aliphatic heterocycles. The number of carbonyl (C=O) groups excluding carboxylic acids is 1. The van der Waals surface area contributed by atoms with Crippen LogP contribution in [0.1, 0.15) is 23.2 Å². The van der Waals surface area contributed by atoms with Crippen molar-refractivity contribution in [2.45, 2.75) is 12.8 Å². The first-order valence-corrected chi connectivity index (χ1v) is 6.55. The van der Waals surface area contributed by atoms with Gasteiger partial charge in [0.2, 0.25) is 0 Å². The lowest BCUT2D eigenvalue weighted by Gasteiger charge is -2.02. The van der Waals surface area contributed by atoms with Crippen molar-refractivity contribution < 1.29 is 24.6 Å². The standard InChI is InChI=1S/C11H9N3O.C4H6O4/c15-11(9-4-3-6-12-8-9)14-10-5-1-2-7-13-10;5-3(6)1-2-4(7)8/h1-8H,(H,13,14,15);1-2H2,(H,5,6)(H,7,8). The van der Waals surface area contributed by atoms with Crippen molar-refractivity contribution >= 4 is 23.7 Å². The highest BCUT2D eigenvalue weighted by atomic mass is 16.4. The third-order valence-electron chi connectivity index (χ3n) is 2.38. The Morgan fingerprint density at radius 2 is 1.65 bits per heavy atom. The summed E-state index contributed by atoms with van der Waals surface area (Å²) >= 11 is 0. The zero-order valence-corrected chi connectivity index (χ0v) is 12.0. The van der Waals surface area contributed by atoms with E-state index < -0.39 is 11.9 Å². The summed E-state index contributed by atoms with van der Waals surface area (Å²) in [4.78, 5) is 38.8. The molecule has 8 nitrogen and oxygen atoms in total. The van der Waals surface area contributed by atoms with Crippen LogP contribution in [0.25, 0.3) is 0 Å². The molecule has 0 radical (unpaired) electrons. The molecular weight excluding hydrogens is 302 g/mol. The second kappa shape index (κ2) is 9.61. The second-order valence-corrected chi connectivity index (χ2v) is 4.20. The molecule has 0 atom stereocenters. The Morgan fingerprint density at radius 3 is 2.13 bits per heavy atom. The number of anilines is 1. The van der Waals surface area contributed by atoms with Crippen LogP contribution in [0.2, 0.25) is 0 Å². The molecule has 2 aromatic rings. The first kappa shape index (κ1) is 17.8. The molecule has 2 aromatic heterocycles. The van der Waals surface area contributed by atoms with Gasteiger partial charge in [-0.3, -0.25) is 19.4 Å². The lowest BCUT2D eigenvalue weighted by molar-refractivity contribution is -0.143. The molecule has 0 saturated carbocycles. The van der Waals surface area contributed by atoms with E-state index in [2.05, 4.69) is 15.3 Å². The van der Waals surface area contributed by atoms with E-state index in [-0.39, 0.29) is 18.7 Å². The van der Waals surface area contributed by atoms with Gasteiger partial charge < -0.3 is 15.5 Å².